The molecular weight excluding hydrogens is 376 g/mol. The van der Waals surface area contributed by atoms with Gasteiger partial charge in [0.05, 0.1) is 12.2 Å². The minimum Gasteiger partial charge on any atom is -0.462 e. The maximum Gasteiger partial charge on any atom is 0.341 e. The summed E-state index contributed by atoms with van der Waals surface area (Å²) in [5.41, 5.74) is 2.14. The molecule has 2 aromatic heterocycles. The minimum atomic E-state index is -0.384. The molecule has 0 fully saturated rings. The first-order chi connectivity index (χ1) is 13.6. The Balaban J connectivity index is 1.67. The van der Waals surface area contributed by atoms with Gasteiger partial charge in [-0.25, -0.2) is 4.79 Å². The normalized spacial score (nSPS) is 14.1. The van der Waals surface area contributed by atoms with Crippen molar-refractivity contribution < 1.29 is 18.7 Å². The van der Waals surface area contributed by atoms with Crippen LogP contribution >= 0.6 is 11.3 Å². The summed E-state index contributed by atoms with van der Waals surface area (Å²) < 4.78 is 10.9. The fourth-order valence-corrected chi connectivity index (χ4v) is 4.77. The third kappa shape index (κ3) is 3.43. The van der Waals surface area contributed by atoms with Gasteiger partial charge in [0.1, 0.15) is 10.6 Å². The molecule has 1 aromatic carbocycles. The monoisotopic (exact) mass is 398 g/mol. The van der Waals surface area contributed by atoms with E-state index in [0.29, 0.717) is 22.8 Å². The summed E-state index contributed by atoms with van der Waals surface area (Å²) in [6.45, 7) is 6.82. The molecule has 7 heteroatoms. The standard InChI is InChI=1S/C21H22N2O4S/c1-3-23-10-9-14-17(12-23)28-20(18(14)21(25)26-4-2)22-19(24)16-11-13-7-5-6-8-15(13)27-16/h5-8,11H,3-4,9-10,12H2,1-2H3,(H,22,24). The van der Waals surface area contributed by atoms with Crippen molar-refractivity contribution in [2.75, 3.05) is 25.0 Å². The molecule has 0 bridgehead atoms. The third-order valence-electron chi connectivity index (χ3n) is 4.94. The van der Waals surface area contributed by atoms with Crippen LogP contribution in [0.4, 0.5) is 5.00 Å². The molecule has 1 aliphatic heterocycles. The van der Waals surface area contributed by atoms with Crippen LogP contribution in [0.5, 0.6) is 0 Å². The zero-order valence-electron chi connectivity index (χ0n) is 15.9. The number of furan rings is 1. The van der Waals surface area contributed by atoms with Crippen molar-refractivity contribution in [2.45, 2.75) is 26.8 Å². The summed E-state index contributed by atoms with van der Waals surface area (Å²) in [6.07, 6.45) is 0.772. The largest absolute Gasteiger partial charge is 0.462 e. The van der Waals surface area contributed by atoms with Gasteiger partial charge >= 0.3 is 5.97 Å². The van der Waals surface area contributed by atoms with Crippen molar-refractivity contribution in [1.29, 1.82) is 0 Å². The highest BCUT2D eigenvalue weighted by Crippen LogP contribution is 2.38. The van der Waals surface area contributed by atoms with E-state index < -0.39 is 0 Å². The number of carbonyl (C=O) groups excluding carboxylic acids is 2. The second-order valence-electron chi connectivity index (χ2n) is 6.65. The van der Waals surface area contributed by atoms with E-state index in [4.69, 9.17) is 9.15 Å². The van der Waals surface area contributed by atoms with Crippen molar-refractivity contribution in [2.24, 2.45) is 0 Å². The Labute approximate surface area is 167 Å². The molecule has 1 aliphatic rings. The number of hydrogen-bond donors (Lipinski definition) is 1. The van der Waals surface area contributed by atoms with Gasteiger partial charge in [0.15, 0.2) is 5.76 Å². The summed E-state index contributed by atoms with van der Waals surface area (Å²) in [6, 6.07) is 9.17. The number of nitrogens with zero attached hydrogens (tertiary/aromatic N) is 1. The van der Waals surface area contributed by atoms with Crippen LogP contribution in [0.25, 0.3) is 11.0 Å². The number of ether oxygens (including phenoxy) is 1. The van der Waals surface area contributed by atoms with E-state index >= 15 is 0 Å². The SMILES string of the molecule is CCOC(=O)c1c(NC(=O)c2cc3ccccc3o2)sc2c1CCN(CC)C2. The number of fused-ring (bicyclic) bond motifs is 2. The molecule has 146 valence electrons. The number of thiophene rings is 1. The van der Waals surface area contributed by atoms with E-state index in [1.807, 2.05) is 24.3 Å². The predicted molar refractivity (Wildman–Crippen MR) is 109 cm³/mol. The van der Waals surface area contributed by atoms with Crippen LogP contribution in [0.15, 0.2) is 34.7 Å². The number of hydrogen-bond acceptors (Lipinski definition) is 6. The maximum absolute atomic E-state index is 12.8. The van der Waals surface area contributed by atoms with Crippen LogP contribution in [0.3, 0.4) is 0 Å². The molecule has 28 heavy (non-hydrogen) atoms. The Bertz CT molecular complexity index is 1000. The van der Waals surface area contributed by atoms with Crippen LogP contribution in [-0.2, 0) is 17.7 Å². The number of likely N-dealkylation sites (N-methyl/N-ethyl adjacent to an activating group) is 1. The lowest BCUT2D eigenvalue weighted by molar-refractivity contribution is 0.0526. The zero-order chi connectivity index (χ0) is 19.7. The number of carbonyl (C=O) groups is 2. The number of benzene rings is 1. The number of rotatable bonds is 5. The van der Waals surface area contributed by atoms with Crippen molar-refractivity contribution in [3.8, 4) is 0 Å². The molecule has 3 heterocycles. The van der Waals surface area contributed by atoms with Gasteiger partial charge < -0.3 is 14.5 Å². The van der Waals surface area contributed by atoms with E-state index in [9.17, 15) is 9.59 Å². The molecule has 0 saturated carbocycles. The Hall–Kier alpha value is -2.64. The van der Waals surface area contributed by atoms with Gasteiger partial charge in [-0.15, -0.1) is 11.3 Å². The molecule has 0 unspecified atom stereocenters. The number of nitrogens with one attached hydrogen (secondary N) is 1. The number of esters is 1. The second-order valence-corrected chi connectivity index (χ2v) is 7.75. The van der Waals surface area contributed by atoms with E-state index in [-0.39, 0.29) is 17.6 Å². The van der Waals surface area contributed by atoms with E-state index in [0.717, 1.165) is 41.9 Å². The Morgan fingerprint density at radius 1 is 1.29 bits per heavy atom. The second kappa shape index (κ2) is 7.77. The van der Waals surface area contributed by atoms with E-state index in [1.165, 1.54) is 11.3 Å². The van der Waals surface area contributed by atoms with Gasteiger partial charge in [-0.3, -0.25) is 9.69 Å². The molecule has 0 aliphatic carbocycles. The van der Waals surface area contributed by atoms with Crippen LogP contribution in [-0.4, -0.2) is 36.5 Å². The molecule has 0 spiro atoms. The first kappa shape index (κ1) is 18.7. The number of amides is 1. The van der Waals surface area contributed by atoms with Crippen LogP contribution in [0.1, 0.15) is 45.2 Å². The molecule has 6 nitrogen and oxygen atoms in total. The van der Waals surface area contributed by atoms with Gasteiger partial charge in [-0.05, 0) is 37.6 Å². The predicted octanol–water partition coefficient (Wildman–Crippen LogP) is 4.30. The van der Waals surface area contributed by atoms with E-state index in [1.54, 1.807) is 13.0 Å². The Morgan fingerprint density at radius 2 is 2.11 bits per heavy atom. The molecule has 0 radical (unpaired) electrons. The average Bonchev–Trinajstić information content (AvgIpc) is 3.28. The molecule has 1 N–H and O–H groups in total. The van der Waals surface area contributed by atoms with Crippen LogP contribution in [0.2, 0.25) is 0 Å². The molecule has 1 amide bonds. The summed E-state index contributed by atoms with van der Waals surface area (Å²) in [4.78, 5) is 28.8. The van der Waals surface area contributed by atoms with Crippen molar-refractivity contribution in [1.82, 2.24) is 4.90 Å². The van der Waals surface area contributed by atoms with Crippen LogP contribution in [0, 0.1) is 0 Å². The first-order valence-corrected chi connectivity index (χ1v) is 10.3. The third-order valence-corrected chi connectivity index (χ3v) is 6.07. The Kier molecular flexibility index (Phi) is 5.19. The van der Waals surface area contributed by atoms with Crippen molar-refractivity contribution in [3.63, 3.8) is 0 Å². The maximum atomic E-state index is 12.8. The molecular formula is C21H22N2O4S. The van der Waals surface area contributed by atoms with Gasteiger partial charge in [0, 0.05) is 23.4 Å². The lowest BCUT2D eigenvalue weighted by Gasteiger charge is -2.25. The van der Waals surface area contributed by atoms with Gasteiger partial charge in [-0.2, -0.15) is 0 Å². The van der Waals surface area contributed by atoms with E-state index in [2.05, 4.69) is 17.1 Å². The van der Waals surface area contributed by atoms with Gasteiger partial charge in [0.2, 0.25) is 0 Å². The first-order valence-electron chi connectivity index (χ1n) is 9.44. The summed E-state index contributed by atoms with van der Waals surface area (Å²) in [5.74, 6) is -0.532. The van der Waals surface area contributed by atoms with Crippen LogP contribution < -0.4 is 5.32 Å². The van der Waals surface area contributed by atoms with Gasteiger partial charge in [0.25, 0.3) is 5.91 Å². The quantitative estimate of drug-likeness (QED) is 0.649. The average molecular weight is 398 g/mol. The highest BCUT2D eigenvalue weighted by Gasteiger charge is 2.29. The highest BCUT2D eigenvalue weighted by molar-refractivity contribution is 7.17. The lowest BCUT2D eigenvalue weighted by Crippen LogP contribution is -2.30. The fourth-order valence-electron chi connectivity index (χ4n) is 3.49. The fraction of sp³-hybridized carbons (Fsp3) is 0.333. The summed E-state index contributed by atoms with van der Waals surface area (Å²) in [7, 11) is 0. The lowest BCUT2D eigenvalue weighted by atomic mass is 10.0. The van der Waals surface area contributed by atoms with Crippen molar-refractivity contribution in [3.05, 3.63) is 52.1 Å². The molecule has 0 atom stereocenters. The Morgan fingerprint density at radius 3 is 2.86 bits per heavy atom. The molecule has 4 rings (SSSR count). The molecule has 3 aromatic rings. The molecule has 0 saturated heterocycles. The minimum absolute atomic E-state index is 0.220. The summed E-state index contributed by atoms with van der Waals surface area (Å²) >= 11 is 1.45. The van der Waals surface area contributed by atoms with Crippen molar-refractivity contribution >= 4 is 39.2 Å². The van der Waals surface area contributed by atoms with Gasteiger partial charge in [-0.1, -0.05) is 25.1 Å². The number of anilines is 1. The zero-order valence-corrected chi connectivity index (χ0v) is 16.7. The highest BCUT2D eigenvalue weighted by atomic mass is 32.1. The number of para-hydroxylation sites is 1. The summed E-state index contributed by atoms with van der Waals surface area (Å²) in [5, 5.41) is 4.28. The topological polar surface area (TPSA) is 71.8 Å². The smallest absolute Gasteiger partial charge is 0.341 e.